The van der Waals surface area contributed by atoms with Crippen LogP contribution in [0.2, 0.25) is 0 Å². The van der Waals surface area contributed by atoms with Gasteiger partial charge in [0.2, 0.25) is 11.8 Å². The number of anilines is 1. The average Bonchev–Trinajstić information content (AvgIpc) is 2.93. The number of ether oxygens (including phenoxy) is 1. The lowest BCUT2D eigenvalue weighted by Gasteiger charge is -2.37. The number of hydrogen-bond acceptors (Lipinski definition) is 6. The fourth-order valence-corrected chi connectivity index (χ4v) is 4.43. The van der Waals surface area contributed by atoms with Crippen molar-refractivity contribution in [2.45, 2.75) is 59.2 Å². The molecule has 2 amide bonds. The molecule has 1 aromatic carbocycles. The van der Waals surface area contributed by atoms with Gasteiger partial charge in [0, 0.05) is 44.8 Å². The number of nitrogens with zero attached hydrogens (tertiary/aromatic N) is 3. The van der Waals surface area contributed by atoms with Crippen molar-refractivity contribution in [3.63, 3.8) is 0 Å². The Labute approximate surface area is 190 Å². The molecule has 1 N–H and O–H groups in total. The molecule has 0 bridgehead atoms. The second kappa shape index (κ2) is 10.6. The molecule has 0 saturated carbocycles. The fraction of sp³-hybridized carbons (Fsp3) is 0.667. The van der Waals surface area contributed by atoms with Gasteiger partial charge >= 0.3 is 0 Å². The van der Waals surface area contributed by atoms with Crippen molar-refractivity contribution in [1.29, 1.82) is 0 Å². The molecule has 2 heterocycles. The lowest BCUT2D eigenvalue weighted by atomic mass is 10.0. The first kappa shape index (κ1) is 24.5. The number of rotatable bonds is 9. The summed E-state index contributed by atoms with van der Waals surface area (Å²) < 4.78 is 19.7. The van der Waals surface area contributed by atoms with Crippen LogP contribution in [0.5, 0.6) is 5.75 Å². The molecular weight excluding hydrogens is 411 g/mol. The first-order valence-corrected chi connectivity index (χ1v) is 11.7. The van der Waals surface area contributed by atoms with Crippen molar-refractivity contribution in [2.75, 3.05) is 44.2 Å². The highest BCUT2D eigenvalue weighted by atomic mass is 19.1. The van der Waals surface area contributed by atoms with E-state index in [2.05, 4.69) is 15.1 Å². The van der Waals surface area contributed by atoms with E-state index in [1.165, 1.54) is 11.0 Å². The Morgan fingerprint density at radius 2 is 1.75 bits per heavy atom. The zero-order valence-electron chi connectivity index (χ0n) is 19.9. The van der Waals surface area contributed by atoms with E-state index in [-0.39, 0.29) is 35.7 Å². The van der Waals surface area contributed by atoms with Gasteiger partial charge in [0.05, 0.1) is 23.8 Å². The molecule has 8 heteroatoms. The van der Waals surface area contributed by atoms with Gasteiger partial charge in [-0.3, -0.25) is 19.4 Å². The maximum atomic E-state index is 13.9. The number of benzene rings is 1. The first-order valence-electron chi connectivity index (χ1n) is 11.7. The number of amides is 2. The highest BCUT2D eigenvalue weighted by Crippen LogP contribution is 2.31. The van der Waals surface area contributed by atoms with Crippen LogP contribution >= 0.6 is 0 Å². The molecule has 7 nitrogen and oxygen atoms in total. The molecule has 2 fully saturated rings. The molecule has 2 saturated heterocycles. The Bertz CT molecular complexity index is 808. The van der Waals surface area contributed by atoms with E-state index in [9.17, 15) is 14.0 Å². The number of nitrogens with one attached hydrogen (secondary N) is 1. The van der Waals surface area contributed by atoms with Crippen LogP contribution in [-0.4, -0.2) is 79.1 Å². The Balaban J connectivity index is 1.49. The van der Waals surface area contributed by atoms with Crippen LogP contribution in [0.25, 0.3) is 0 Å². The lowest BCUT2D eigenvalue weighted by Crippen LogP contribution is -2.47. The SMILES string of the molecule is CC(C)NC1C(=O)N(CCCN2CCN(c3cc(F)ccc3OC(C)C)CC2)C(=O)C1C. The normalized spacial score (nSPS) is 22.5. The number of piperazine rings is 1. The van der Waals surface area contributed by atoms with Gasteiger partial charge in [-0.15, -0.1) is 0 Å². The highest BCUT2D eigenvalue weighted by molar-refractivity contribution is 6.06. The van der Waals surface area contributed by atoms with Crippen molar-refractivity contribution in [2.24, 2.45) is 5.92 Å². The van der Waals surface area contributed by atoms with Crippen molar-refractivity contribution in [3.8, 4) is 5.75 Å². The van der Waals surface area contributed by atoms with Crippen LogP contribution in [0, 0.1) is 11.7 Å². The number of imide groups is 1. The minimum Gasteiger partial charge on any atom is -0.489 e. The Morgan fingerprint density at radius 3 is 2.38 bits per heavy atom. The zero-order valence-corrected chi connectivity index (χ0v) is 19.9. The summed E-state index contributed by atoms with van der Waals surface area (Å²) in [4.78, 5) is 31.1. The number of halogens is 1. The van der Waals surface area contributed by atoms with Crippen molar-refractivity contribution < 1.29 is 18.7 Å². The molecule has 0 radical (unpaired) electrons. The molecule has 2 unspecified atom stereocenters. The standard InChI is InChI=1S/C24H37FN4O3/c1-16(2)26-22-18(5)23(30)29(24(22)31)10-6-9-27-11-13-28(14-12-27)20-15-19(25)7-8-21(20)32-17(3)4/h7-8,15-18,22,26H,6,9-14H2,1-5H3. The Morgan fingerprint density at radius 1 is 1.06 bits per heavy atom. The van der Waals surface area contributed by atoms with Gasteiger partial charge < -0.3 is 15.0 Å². The summed E-state index contributed by atoms with van der Waals surface area (Å²) in [6, 6.07) is 4.41. The summed E-state index contributed by atoms with van der Waals surface area (Å²) in [5.74, 6) is -0.0638. The van der Waals surface area contributed by atoms with Crippen LogP contribution in [-0.2, 0) is 9.59 Å². The Hall–Kier alpha value is -2.19. The smallest absolute Gasteiger partial charge is 0.247 e. The molecule has 2 aliphatic heterocycles. The Kier molecular flexibility index (Phi) is 8.11. The van der Waals surface area contributed by atoms with Gasteiger partial charge in [-0.05, 0) is 38.9 Å². The number of hydrogen-bond donors (Lipinski definition) is 1. The van der Waals surface area contributed by atoms with Gasteiger partial charge in [0.25, 0.3) is 0 Å². The topological polar surface area (TPSA) is 65.1 Å². The van der Waals surface area contributed by atoms with E-state index >= 15 is 0 Å². The molecular formula is C24H37FN4O3. The van der Waals surface area contributed by atoms with E-state index in [1.807, 2.05) is 34.6 Å². The third kappa shape index (κ3) is 5.78. The van der Waals surface area contributed by atoms with Gasteiger partial charge in [0.1, 0.15) is 11.6 Å². The minimum absolute atomic E-state index is 0.0227. The highest BCUT2D eigenvalue weighted by Gasteiger charge is 2.44. The largest absolute Gasteiger partial charge is 0.489 e. The average molecular weight is 449 g/mol. The van der Waals surface area contributed by atoms with Gasteiger partial charge in [-0.2, -0.15) is 0 Å². The lowest BCUT2D eigenvalue weighted by molar-refractivity contribution is -0.139. The summed E-state index contributed by atoms with van der Waals surface area (Å²) in [5.41, 5.74) is 0.796. The molecule has 3 rings (SSSR count). The molecule has 2 aliphatic rings. The van der Waals surface area contributed by atoms with Gasteiger partial charge in [-0.1, -0.05) is 20.8 Å². The number of likely N-dealkylation sites (tertiary alicyclic amines) is 1. The molecule has 0 aliphatic carbocycles. The monoisotopic (exact) mass is 448 g/mol. The van der Waals surface area contributed by atoms with E-state index in [4.69, 9.17) is 4.74 Å². The van der Waals surface area contributed by atoms with Crippen LogP contribution < -0.4 is 15.0 Å². The maximum Gasteiger partial charge on any atom is 0.247 e. The van der Waals surface area contributed by atoms with Gasteiger partial charge in [-0.25, -0.2) is 4.39 Å². The molecule has 178 valence electrons. The van der Waals surface area contributed by atoms with E-state index in [0.29, 0.717) is 12.3 Å². The third-order valence-electron chi connectivity index (χ3n) is 6.05. The van der Waals surface area contributed by atoms with Crippen molar-refractivity contribution in [1.82, 2.24) is 15.1 Å². The van der Waals surface area contributed by atoms with Crippen LogP contribution in [0.4, 0.5) is 10.1 Å². The minimum atomic E-state index is -0.417. The predicted octanol–water partition coefficient (Wildman–Crippen LogP) is 2.50. The predicted molar refractivity (Wildman–Crippen MR) is 123 cm³/mol. The number of carbonyl (C=O) groups is 2. The van der Waals surface area contributed by atoms with Gasteiger partial charge in [0.15, 0.2) is 0 Å². The van der Waals surface area contributed by atoms with E-state index in [0.717, 1.165) is 44.8 Å². The summed E-state index contributed by atoms with van der Waals surface area (Å²) in [6.07, 6.45) is 0.773. The van der Waals surface area contributed by atoms with Crippen molar-refractivity contribution in [3.05, 3.63) is 24.0 Å². The number of carbonyl (C=O) groups excluding carboxylic acids is 2. The zero-order chi connectivity index (χ0) is 23.4. The summed E-state index contributed by atoms with van der Waals surface area (Å²) >= 11 is 0. The summed E-state index contributed by atoms with van der Waals surface area (Å²) in [6.45, 7) is 14.2. The second-order valence-electron chi connectivity index (χ2n) is 9.38. The molecule has 1 aromatic rings. The second-order valence-corrected chi connectivity index (χ2v) is 9.38. The van der Waals surface area contributed by atoms with Crippen molar-refractivity contribution >= 4 is 17.5 Å². The van der Waals surface area contributed by atoms with Crippen LogP contribution in [0.1, 0.15) is 41.0 Å². The molecule has 0 aromatic heterocycles. The van der Waals surface area contributed by atoms with E-state index < -0.39 is 6.04 Å². The molecule has 32 heavy (non-hydrogen) atoms. The van der Waals surface area contributed by atoms with E-state index in [1.54, 1.807) is 12.1 Å². The summed E-state index contributed by atoms with van der Waals surface area (Å²) in [5, 5.41) is 3.22. The summed E-state index contributed by atoms with van der Waals surface area (Å²) in [7, 11) is 0. The third-order valence-corrected chi connectivity index (χ3v) is 6.05. The fourth-order valence-electron chi connectivity index (χ4n) is 4.43. The van der Waals surface area contributed by atoms with Crippen LogP contribution in [0.15, 0.2) is 18.2 Å². The van der Waals surface area contributed by atoms with Crippen LogP contribution in [0.3, 0.4) is 0 Å². The molecule has 2 atom stereocenters. The first-order chi connectivity index (χ1) is 15.2. The maximum absolute atomic E-state index is 13.9. The quantitative estimate of drug-likeness (QED) is 0.586. The molecule has 0 spiro atoms.